The maximum Gasteiger partial charge on any atom is 0.411 e. The number of hydrogen-bond donors (Lipinski definition) is 3. The number of ether oxygens (including phenoxy) is 2. The number of carbonyl (C=O) groups excluding carboxylic acids is 1. The molecule has 1 aromatic rings. The summed E-state index contributed by atoms with van der Waals surface area (Å²) in [4.78, 5) is 25.4. The molecule has 0 spiro atoms. The molecule has 0 aliphatic carbocycles. The molecule has 1 amide bonds. The lowest BCUT2D eigenvalue weighted by atomic mass is 10.1. The summed E-state index contributed by atoms with van der Waals surface area (Å²) in [6.45, 7) is 1.48. The van der Waals surface area contributed by atoms with E-state index in [2.05, 4.69) is 15.5 Å². The van der Waals surface area contributed by atoms with Crippen molar-refractivity contribution in [3.63, 3.8) is 0 Å². The fourth-order valence-electron chi connectivity index (χ4n) is 1.84. The van der Waals surface area contributed by atoms with E-state index in [9.17, 15) is 24.2 Å². The lowest BCUT2D eigenvalue weighted by molar-refractivity contribution is -0.0357. The molecule has 1 saturated heterocycles. The van der Waals surface area contributed by atoms with Gasteiger partial charge < -0.3 is 25.4 Å². The van der Waals surface area contributed by atoms with Crippen molar-refractivity contribution in [1.82, 2.24) is 9.55 Å². The molecule has 1 fully saturated rings. The fraction of sp³-hybridized carbons (Fsp3) is 0.500. The summed E-state index contributed by atoms with van der Waals surface area (Å²) in [5.41, 5.74) is 3.65. The second kappa shape index (κ2) is 5.15. The maximum absolute atomic E-state index is 13.6. The van der Waals surface area contributed by atoms with Crippen LogP contribution in [-0.2, 0) is 4.74 Å². The largest absolute Gasteiger partial charge is 0.411 e. The molecule has 110 valence electrons. The molecule has 20 heavy (non-hydrogen) atoms. The number of aromatic nitrogens is 2. The number of amides is 1. The Morgan fingerprint density at radius 3 is 2.70 bits per heavy atom. The van der Waals surface area contributed by atoms with E-state index >= 15 is 0 Å². The first kappa shape index (κ1) is 14.4. The van der Waals surface area contributed by atoms with E-state index in [1.807, 2.05) is 0 Å². The van der Waals surface area contributed by atoms with Crippen LogP contribution in [0.4, 0.5) is 9.18 Å². The highest BCUT2D eigenvalue weighted by molar-refractivity contribution is 5.67. The van der Waals surface area contributed by atoms with E-state index in [0.29, 0.717) is 10.8 Å². The third-order valence-electron chi connectivity index (χ3n) is 2.82. The van der Waals surface area contributed by atoms with Crippen molar-refractivity contribution in [3.05, 3.63) is 22.5 Å². The predicted octanol–water partition coefficient (Wildman–Crippen LogP) is -1.52. The van der Waals surface area contributed by atoms with Crippen molar-refractivity contribution in [2.75, 3.05) is 0 Å². The van der Waals surface area contributed by atoms with Crippen molar-refractivity contribution < 1.29 is 28.9 Å². The van der Waals surface area contributed by atoms with Gasteiger partial charge in [-0.1, -0.05) is 0 Å². The predicted molar refractivity (Wildman–Crippen MR) is 60.3 cm³/mol. The molecule has 0 saturated carbocycles. The van der Waals surface area contributed by atoms with E-state index in [1.165, 1.54) is 6.92 Å². The van der Waals surface area contributed by atoms with Gasteiger partial charge in [-0.2, -0.15) is 9.37 Å². The highest BCUT2D eigenvalue weighted by atomic mass is 19.1. The zero-order valence-corrected chi connectivity index (χ0v) is 10.3. The molecule has 2 heterocycles. The van der Waals surface area contributed by atoms with Gasteiger partial charge in [0.15, 0.2) is 6.23 Å². The minimum absolute atomic E-state index is 0.645. The van der Waals surface area contributed by atoms with Crippen LogP contribution in [0.25, 0.3) is 0 Å². The molecule has 0 aromatic carbocycles. The lowest BCUT2D eigenvalue weighted by Crippen LogP contribution is -2.36. The van der Waals surface area contributed by atoms with Crippen molar-refractivity contribution >= 4 is 6.09 Å². The normalized spacial score (nSPS) is 29.4. The Kier molecular flexibility index (Phi) is 3.70. The Balaban J connectivity index is 2.37. The first-order chi connectivity index (χ1) is 9.31. The summed E-state index contributed by atoms with van der Waals surface area (Å²) >= 11 is 0. The van der Waals surface area contributed by atoms with E-state index in [4.69, 9.17) is 4.74 Å². The summed E-state index contributed by atoms with van der Waals surface area (Å²) in [5, 5.41) is 19.3. The monoisotopic (exact) mass is 289 g/mol. The van der Waals surface area contributed by atoms with Gasteiger partial charge in [-0.3, -0.25) is 4.57 Å². The van der Waals surface area contributed by atoms with Gasteiger partial charge in [0.2, 0.25) is 5.82 Å². The van der Waals surface area contributed by atoms with Gasteiger partial charge in [0.05, 0.1) is 12.3 Å². The molecule has 1 aromatic heterocycles. The van der Waals surface area contributed by atoms with E-state index in [-0.39, 0.29) is 0 Å². The summed E-state index contributed by atoms with van der Waals surface area (Å²) in [6, 6.07) is 0. The van der Waals surface area contributed by atoms with Gasteiger partial charge in [-0.15, -0.1) is 0 Å². The minimum atomic E-state index is -1.42. The Hall–Kier alpha value is -2.04. The van der Waals surface area contributed by atoms with E-state index < -0.39 is 48.0 Å². The van der Waals surface area contributed by atoms with Gasteiger partial charge >= 0.3 is 11.8 Å². The lowest BCUT2D eigenvalue weighted by Gasteiger charge is -2.17. The minimum Gasteiger partial charge on any atom is -0.388 e. The molecule has 9 nitrogen and oxygen atoms in total. The Morgan fingerprint density at radius 2 is 2.20 bits per heavy atom. The van der Waals surface area contributed by atoms with Crippen LogP contribution in [0.5, 0.6) is 5.88 Å². The molecular weight excluding hydrogens is 277 g/mol. The van der Waals surface area contributed by atoms with Crippen LogP contribution in [0.15, 0.2) is 11.0 Å². The van der Waals surface area contributed by atoms with Crippen LogP contribution >= 0.6 is 0 Å². The SMILES string of the molecule is CC1OC(n2cc(F)c(OC(N)=O)nc2=O)C(O)C1O. The van der Waals surface area contributed by atoms with Crippen molar-refractivity contribution in [1.29, 1.82) is 0 Å². The number of carbonyl (C=O) groups is 1. The highest BCUT2D eigenvalue weighted by Crippen LogP contribution is 2.28. The van der Waals surface area contributed by atoms with Gasteiger partial charge in [0, 0.05) is 0 Å². The number of hydrogen-bond acceptors (Lipinski definition) is 7. The fourth-order valence-corrected chi connectivity index (χ4v) is 1.84. The van der Waals surface area contributed by atoms with Crippen molar-refractivity contribution in [2.24, 2.45) is 5.73 Å². The second-order valence-corrected chi connectivity index (χ2v) is 4.22. The van der Waals surface area contributed by atoms with Gasteiger partial charge in [0.1, 0.15) is 12.2 Å². The van der Waals surface area contributed by atoms with E-state index in [1.54, 1.807) is 0 Å². The summed E-state index contributed by atoms with van der Waals surface area (Å²) < 4.78 is 23.6. The van der Waals surface area contributed by atoms with Crippen LogP contribution in [0, 0.1) is 5.82 Å². The number of primary amides is 1. The summed E-state index contributed by atoms with van der Waals surface area (Å²) in [7, 11) is 0. The highest BCUT2D eigenvalue weighted by Gasteiger charge is 2.42. The quantitative estimate of drug-likeness (QED) is 0.601. The number of aliphatic hydroxyl groups is 2. The Labute approximate surface area is 111 Å². The van der Waals surface area contributed by atoms with Crippen LogP contribution in [0.2, 0.25) is 0 Å². The smallest absolute Gasteiger partial charge is 0.388 e. The number of rotatable bonds is 2. The molecule has 0 radical (unpaired) electrons. The molecular formula is C10H12FN3O6. The van der Waals surface area contributed by atoms with Crippen LogP contribution in [-0.4, -0.2) is 44.2 Å². The molecule has 10 heteroatoms. The average molecular weight is 289 g/mol. The molecule has 1 aliphatic rings. The number of nitrogens with two attached hydrogens (primary N) is 1. The summed E-state index contributed by atoms with van der Waals surface area (Å²) in [5.74, 6) is -2.02. The molecule has 2 rings (SSSR count). The third kappa shape index (κ3) is 2.48. The van der Waals surface area contributed by atoms with Crippen molar-refractivity contribution in [2.45, 2.75) is 31.5 Å². The number of nitrogens with zero attached hydrogens (tertiary/aromatic N) is 2. The number of halogens is 1. The zero-order valence-electron chi connectivity index (χ0n) is 10.3. The summed E-state index contributed by atoms with van der Waals surface area (Å²) in [6.07, 6.45) is -5.37. The van der Waals surface area contributed by atoms with Crippen LogP contribution < -0.4 is 16.2 Å². The first-order valence-electron chi connectivity index (χ1n) is 5.59. The number of aliphatic hydroxyl groups excluding tert-OH is 2. The first-order valence-corrected chi connectivity index (χ1v) is 5.59. The molecule has 4 unspecified atom stereocenters. The molecule has 4 N–H and O–H groups in total. The van der Waals surface area contributed by atoms with Gasteiger partial charge in [0.25, 0.3) is 5.88 Å². The zero-order chi connectivity index (χ0) is 15.0. The van der Waals surface area contributed by atoms with Crippen molar-refractivity contribution in [3.8, 4) is 5.88 Å². The third-order valence-corrected chi connectivity index (χ3v) is 2.82. The molecule has 0 bridgehead atoms. The Bertz CT molecular complexity index is 591. The van der Waals surface area contributed by atoms with Gasteiger partial charge in [-0.25, -0.2) is 9.59 Å². The average Bonchev–Trinajstić information content (AvgIpc) is 2.61. The Morgan fingerprint density at radius 1 is 1.55 bits per heavy atom. The maximum atomic E-state index is 13.6. The van der Waals surface area contributed by atoms with Crippen LogP contribution in [0.3, 0.4) is 0 Å². The molecule has 1 aliphatic heterocycles. The van der Waals surface area contributed by atoms with E-state index in [0.717, 1.165) is 0 Å². The topological polar surface area (TPSA) is 137 Å². The second-order valence-electron chi connectivity index (χ2n) is 4.22. The van der Waals surface area contributed by atoms with Crippen LogP contribution in [0.1, 0.15) is 13.2 Å². The molecule has 4 atom stereocenters. The van der Waals surface area contributed by atoms with Gasteiger partial charge in [-0.05, 0) is 6.92 Å². The standard InChI is InChI=1S/C10H12FN3O6/c1-3-5(15)6(16)8(19-3)14-2-4(11)7(13-10(14)18)20-9(12)17/h2-3,5-6,8,15-16H,1H3,(H2,12,17).